The molecule has 1 spiro atoms. The molecule has 5 aliphatic rings. The Labute approximate surface area is 263 Å². The predicted molar refractivity (Wildman–Crippen MR) is 172 cm³/mol. The van der Waals surface area contributed by atoms with Gasteiger partial charge in [-0.3, -0.25) is 4.18 Å². The summed E-state index contributed by atoms with van der Waals surface area (Å²) >= 11 is 0. The molecule has 5 fully saturated rings. The molecular formula is C34H62O7SSi. The first-order chi connectivity index (χ1) is 19.7. The Kier molecular flexibility index (Phi) is 9.24. The van der Waals surface area contributed by atoms with Gasteiger partial charge in [0.1, 0.15) is 0 Å². The van der Waals surface area contributed by atoms with E-state index in [1.54, 1.807) is 0 Å². The van der Waals surface area contributed by atoms with Gasteiger partial charge < -0.3 is 19.0 Å². The average molecular weight is 643 g/mol. The lowest BCUT2D eigenvalue weighted by Gasteiger charge is -2.58. The van der Waals surface area contributed by atoms with Crippen molar-refractivity contribution in [2.45, 2.75) is 136 Å². The van der Waals surface area contributed by atoms with Gasteiger partial charge in [-0.25, -0.2) is 0 Å². The van der Waals surface area contributed by atoms with Crippen molar-refractivity contribution in [2.24, 2.45) is 52.3 Å². The number of aliphatic hydroxyl groups excluding tert-OH is 1. The SMILES string of the molecule is CC1CC[C@@]2(OC1)O[C@H]1C[C@H]3[C@H](COS(C)(=O)=O)[C@@H]([C@@]4(C)CC[C@H](O)C[C@@H]4CO[Si](C)(C)C(C)(C)C)CC[C@]3(C)[C@H]1[C@@H]2C. The van der Waals surface area contributed by atoms with E-state index in [1.165, 1.54) is 6.26 Å². The maximum Gasteiger partial charge on any atom is 0.264 e. The first-order valence-electron chi connectivity index (χ1n) is 17.2. The Balaban J connectivity index is 1.44. The highest BCUT2D eigenvalue weighted by Gasteiger charge is 2.68. The number of hydrogen-bond acceptors (Lipinski definition) is 7. The number of hydrogen-bond donors (Lipinski definition) is 1. The molecule has 43 heavy (non-hydrogen) atoms. The van der Waals surface area contributed by atoms with E-state index in [4.69, 9.17) is 18.1 Å². The number of ether oxygens (including phenoxy) is 2. The summed E-state index contributed by atoms with van der Waals surface area (Å²) in [5.74, 6) is 1.74. The average Bonchev–Trinajstić information content (AvgIpc) is 3.33. The second-order valence-corrected chi connectivity index (χ2v) is 24.0. The van der Waals surface area contributed by atoms with Crippen LogP contribution in [0.4, 0.5) is 0 Å². The molecule has 12 atom stereocenters. The largest absolute Gasteiger partial charge is 0.417 e. The molecule has 9 heteroatoms. The van der Waals surface area contributed by atoms with Gasteiger partial charge in [-0.05, 0) is 109 Å². The standard InChI is InChI=1S/C34H62O7SSi/c1-22-11-16-34(38-19-22)23(2)30-29(41-34)18-28-26(21-39-42(8,36)37)27(13-15-33(28,30)7)32(6)14-12-25(35)17-24(32)20-40-43(9,10)31(3,4)5/h22-30,35H,11-21H2,1-10H3/t22?,23-,24+,25-,26+,27-,28-,29-,30-,32-,33-,34+/m0/s1. The molecule has 1 N–H and O–H groups in total. The van der Waals surface area contributed by atoms with E-state index in [-0.39, 0.29) is 46.5 Å². The molecule has 0 amide bonds. The Morgan fingerprint density at radius 1 is 0.953 bits per heavy atom. The molecule has 2 saturated heterocycles. The Bertz CT molecular complexity index is 1110. The molecule has 1 unspecified atom stereocenters. The van der Waals surface area contributed by atoms with Crippen LogP contribution in [0.5, 0.6) is 0 Å². The van der Waals surface area contributed by atoms with Gasteiger partial charge in [0.05, 0.1) is 31.7 Å². The van der Waals surface area contributed by atoms with Gasteiger partial charge in [0, 0.05) is 18.9 Å². The van der Waals surface area contributed by atoms with Gasteiger partial charge in [-0.1, -0.05) is 48.5 Å². The summed E-state index contributed by atoms with van der Waals surface area (Å²) in [4.78, 5) is 0. The van der Waals surface area contributed by atoms with Crippen molar-refractivity contribution in [3.63, 3.8) is 0 Å². The zero-order valence-corrected chi connectivity index (χ0v) is 30.6. The van der Waals surface area contributed by atoms with Gasteiger partial charge in [-0.2, -0.15) is 8.42 Å². The van der Waals surface area contributed by atoms with Gasteiger partial charge in [0.15, 0.2) is 14.1 Å². The Morgan fingerprint density at radius 3 is 2.23 bits per heavy atom. The zero-order chi connectivity index (χ0) is 31.8. The highest BCUT2D eigenvalue weighted by Crippen LogP contribution is 2.69. The molecule has 2 heterocycles. The van der Waals surface area contributed by atoms with Crippen molar-refractivity contribution in [1.82, 2.24) is 0 Å². The summed E-state index contributed by atoms with van der Waals surface area (Å²) in [6.45, 7) is 22.6. The van der Waals surface area contributed by atoms with E-state index in [9.17, 15) is 13.5 Å². The number of rotatable bonds is 7. The third-order valence-corrected chi connectivity index (χ3v) is 19.0. The zero-order valence-electron chi connectivity index (χ0n) is 28.8. The molecule has 3 saturated carbocycles. The van der Waals surface area contributed by atoms with Crippen LogP contribution in [0.25, 0.3) is 0 Å². The maximum absolute atomic E-state index is 12.4. The molecule has 250 valence electrons. The van der Waals surface area contributed by atoms with Crippen LogP contribution in [0, 0.1) is 52.3 Å². The summed E-state index contributed by atoms with van der Waals surface area (Å²) in [5.41, 5.74) is -0.0256. The van der Waals surface area contributed by atoms with Crippen LogP contribution in [0.3, 0.4) is 0 Å². The highest BCUT2D eigenvalue weighted by molar-refractivity contribution is 7.85. The van der Waals surface area contributed by atoms with Crippen LogP contribution in [0.1, 0.15) is 99.8 Å². The first-order valence-corrected chi connectivity index (χ1v) is 21.9. The lowest BCUT2D eigenvalue weighted by molar-refractivity contribution is -0.272. The summed E-state index contributed by atoms with van der Waals surface area (Å²) in [6.07, 6.45) is 8.64. The lowest BCUT2D eigenvalue weighted by Crippen LogP contribution is -2.55. The minimum atomic E-state index is -3.58. The molecule has 0 bridgehead atoms. The van der Waals surface area contributed by atoms with Crippen molar-refractivity contribution >= 4 is 18.4 Å². The normalized spacial score (nSPS) is 47.5. The van der Waals surface area contributed by atoms with Crippen LogP contribution >= 0.6 is 0 Å². The predicted octanol–water partition coefficient (Wildman–Crippen LogP) is 7.00. The van der Waals surface area contributed by atoms with E-state index in [2.05, 4.69) is 61.6 Å². The third kappa shape index (κ3) is 6.20. The van der Waals surface area contributed by atoms with Crippen LogP contribution in [0.15, 0.2) is 0 Å². The van der Waals surface area contributed by atoms with Crippen molar-refractivity contribution < 1.29 is 31.6 Å². The second-order valence-electron chi connectivity index (χ2n) is 17.6. The highest BCUT2D eigenvalue weighted by atomic mass is 32.2. The van der Waals surface area contributed by atoms with Crippen LogP contribution < -0.4 is 0 Å². The summed E-state index contributed by atoms with van der Waals surface area (Å²) in [7, 11) is -5.56. The number of fused-ring (bicyclic) bond motifs is 3. The molecule has 7 nitrogen and oxygen atoms in total. The maximum atomic E-state index is 12.4. The molecule has 3 aliphatic carbocycles. The van der Waals surface area contributed by atoms with Crippen molar-refractivity contribution in [1.29, 1.82) is 0 Å². The van der Waals surface area contributed by atoms with E-state index in [0.29, 0.717) is 36.2 Å². The lowest BCUT2D eigenvalue weighted by atomic mass is 9.48. The monoisotopic (exact) mass is 642 g/mol. The van der Waals surface area contributed by atoms with E-state index >= 15 is 0 Å². The summed E-state index contributed by atoms with van der Waals surface area (Å²) in [5, 5.41) is 11.0. The van der Waals surface area contributed by atoms with Crippen molar-refractivity contribution in [2.75, 3.05) is 26.1 Å². The fraction of sp³-hybridized carbons (Fsp3) is 1.00. The molecule has 2 aliphatic heterocycles. The Hall–Kier alpha value is -0.0331. The first kappa shape index (κ1) is 34.3. The molecule has 0 aromatic heterocycles. The quantitative estimate of drug-likeness (QED) is 0.236. The fourth-order valence-electron chi connectivity index (χ4n) is 10.2. The van der Waals surface area contributed by atoms with Gasteiger partial charge in [-0.15, -0.1) is 0 Å². The summed E-state index contributed by atoms with van der Waals surface area (Å²) in [6, 6.07) is 0. The van der Waals surface area contributed by atoms with E-state index in [1.807, 2.05) is 0 Å². The van der Waals surface area contributed by atoms with Crippen molar-refractivity contribution in [3.8, 4) is 0 Å². The second kappa shape index (κ2) is 11.6. The molecule has 0 aromatic carbocycles. The van der Waals surface area contributed by atoms with Crippen molar-refractivity contribution in [3.05, 3.63) is 0 Å². The molecular weight excluding hydrogens is 581 g/mol. The van der Waals surface area contributed by atoms with Gasteiger partial charge in [0.25, 0.3) is 10.1 Å². The molecule has 5 rings (SSSR count). The number of aliphatic hydroxyl groups is 1. The summed E-state index contributed by atoms with van der Waals surface area (Å²) < 4.78 is 50.8. The van der Waals surface area contributed by atoms with Crippen LogP contribution in [-0.4, -0.2) is 65.9 Å². The molecule has 0 aromatic rings. The fourth-order valence-corrected chi connectivity index (χ4v) is 11.7. The van der Waals surface area contributed by atoms with Gasteiger partial charge >= 0.3 is 0 Å². The van der Waals surface area contributed by atoms with E-state index < -0.39 is 24.2 Å². The van der Waals surface area contributed by atoms with E-state index in [0.717, 1.165) is 58.0 Å². The molecule has 0 radical (unpaired) electrons. The minimum Gasteiger partial charge on any atom is -0.417 e. The van der Waals surface area contributed by atoms with Crippen LogP contribution in [-0.2, 0) is 28.2 Å². The third-order valence-electron chi connectivity index (χ3n) is 14.0. The topological polar surface area (TPSA) is 91.3 Å². The minimum absolute atomic E-state index is 0.0414. The van der Waals surface area contributed by atoms with Gasteiger partial charge in [0.2, 0.25) is 0 Å². The Morgan fingerprint density at radius 2 is 1.63 bits per heavy atom. The smallest absolute Gasteiger partial charge is 0.264 e. The van der Waals surface area contributed by atoms with Crippen LogP contribution in [0.2, 0.25) is 18.1 Å².